The molecule has 2 aliphatic rings. The molecule has 24 heavy (non-hydrogen) atoms. The molecule has 1 atom stereocenters. The number of alkyl halides is 1. The van der Waals surface area contributed by atoms with Crippen LogP contribution in [-0.2, 0) is 4.74 Å². The Morgan fingerprint density at radius 3 is 2.75 bits per heavy atom. The highest BCUT2D eigenvalue weighted by atomic mass is 79.9. The number of halogens is 2. The fraction of sp³-hybridized carbons (Fsp3) is 0.611. The number of piperidine rings is 1. The summed E-state index contributed by atoms with van der Waals surface area (Å²) in [5.74, 6) is 0.658. The van der Waals surface area contributed by atoms with Gasteiger partial charge in [0, 0.05) is 42.4 Å². The van der Waals surface area contributed by atoms with Crippen molar-refractivity contribution in [1.29, 1.82) is 0 Å². The molecule has 0 saturated carbocycles. The van der Waals surface area contributed by atoms with E-state index in [1.807, 2.05) is 39.0 Å². The van der Waals surface area contributed by atoms with Gasteiger partial charge in [0.25, 0.3) is 0 Å². The van der Waals surface area contributed by atoms with Crippen molar-refractivity contribution in [2.75, 3.05) is 13.1 Å². The number of carbonyl (C=O) groups excluding carboxylic acids is 1. The number of fused-ring (bicyclic) bond motifs is 1. The van der Waals surface area contributed by atoms with E-state index in [0.717, 1.165) is 4.47 Å². The molecule has 1 fully saturated rings. The van der Waals surface area contributed by atoms with Crippen LogP contribution in [0.3, 0.4) is 0 Å². The van der Waals surface area contributed by atoms with Gasteiger partial charge in [-0.05, 0) is 39.0 Å². The molecule has 1 unspecified atom stereocenters. The third-order valence-corrected chi connectivity index (χ3v) is 5.19. The summed E-state index contributed by atoms with van der Waals surface area (Å²) in [5, 5.41) is -1.23. The Bertz CT molecular complexity index is 681. The van der Waals surface area contributed by atoms with E-state index >= 15 is 0 Å². The summed E-state index contributed by atoms with van der Waals surface area (Å²) >= 11 is 9.97. The monoisotopic (exact) mass is 416 g/mol. The molecule has 0 aliphatic carbocycles. The maximum atomic E-state index is 12.2. The fourth-order valence-corrected chi connectivity index (χ4v) is 3.91. The van der Waals surface area contributed by atoms with Crippen molar-refractivity contribution in [3.8, 4) is 5.75 Å². The van der Waals surface area contributed by atoms with Crippen molar-refractivity contribution in [3.63, 3.8) is 0 Å². The predicted octanol–water partition coefficient (Wildman–Crippen LogP) is 5.28. The van der Waals surface area contributed by atoms with Crippen LogP contribution in [0.15, 0.2) is 22.7 Å². The van der Waals surface area contributed by atoms with Crippen molar-refractivity contribution in [2.45, 2.75) is 56.6 Å². The van der Waals surface area contributed by atoms with Gasteiger partial charge >= 0.3 is 6.09 Å². The first-order valence-electron chi connectivity index (χ1n) is 8.66. The van der Waals surface area contributed by atoms with E-state index in [1.54, 1.807) is 4.90 Å². The van der Waals surface area contributed by atoms with Gasteiger partial charge in [-0.1, -0.05) is 15.9 Å². The minimum Gasteiger partial charge on any atom is -0.487 e. The van der Waals surface area contributed by atoms with E-state index < -0.39 is 16.6 Å². The molecule has 0 N–H and O–H groups in total. The first kappa shape index (κ1) is 16.5. The van der Waals surface area contributed by atoms with Crippen LogP contribution in [0.4, 0.5) is 4.79 Å². The Labute approximate surface area is 158 Å². The lowest BCUT2D eigenvalue weighted by Gasteiger charge is -2.45. The second-order valence-corrected chi connectivity index (χ2v) is 8.85. The second kappa shape index (κ2) is 6.41. The maximum Gasteiger partial charge on any atom is 0.410 e. The number of amides is 1. The number of likely N-dealkylation sites (tertiary alicyclic amines) is 1. The summed E-state index contributed by atoms with van der Waals surface area (Å²) in [5.41, 5.74) is -0.335. The highest BCUT2D eigenvalue weighted by Gasteiger charge is 2.44. The lowest BCUT2D eigenvalue weighted by atomic mass is 9.83. The summed E-state index contributed by atoms with van der Waals surface area (Å²) < 4.78 is 21.2. The third kappa shape index (κ3) is 3.83. The number of hydrogen-bond donors (Lipinski definition) is 0. The summed E-state index contributed by atoms with van der Waals surface area (Å²) in [7, 11) is 0. The Kier molecular flexibility index (Phi) is 4.42. The highest BCUT2D eigenvalue weighted by molar-refractivity contribution is 9.10. The topological polar surface area (TPSA) is 38.8 Å². The van der Waals surface area contributed by atoms with E-state index in [-0.39, 0.29) is 6.09 Å². The molecule has 1 spiro atoms. The zero-order chi connectivity index (χ0) is 18.5. The molecule has 6 heteroatoms. The molecule has 2 heterocycles. The molecule has 1 aromatic rings. The van der Waals surface area contributed by atoms with Crippen molar-refractivity contribution in [3.05, 3.63) is 28.2 Å². The Morgan fingerprint density at radius 2 is 2.12 bits per heavy atom. The van der Waals surface area contributed by atoms with Gasteiger partial charge in [0.1, 0.15) is 17.0 Å². The minimum absolute atomic E-state index is 0.300. The fourth-order valence-electron chi connectivity index (χ4n) is 3.15. The van der Waals surface area contributed by atoms with Gasteiger partial charge in [-0.3, -0.25) is 0 Å². The maximum absolute atomic E-state index is 12.2. The van der Waals surface area contributed by atoms with Gasteiger partial charge < -0.3 is 14.4 Å². The number of ether oxygens (including phenoxy) is 2. The number of nitrogens with zero attached hydrogens (tertiary/aromatic N) is 1. The van der Waals surface area contributed by atoms with Crippen molar-refractivity contribution in [1.82, 2.24) is 4.90 Å². The predicted molar refractivity (Wildman–Crippen MR) is 97.8 cm³/mol. The van der Waals surface area contributed by atoms with Gasteiger partial charge in [-0.25, -0.2) is 4.79 Å². The number of hydrogen-bond acceptors (Lipinski definition) is 3. The zero-order valence-electron chi connectivity index (χ0n) is 15.2. The molecule has 0 radical (unpaired) electrons. The molecule has 1 aromatic carbocycles. The van der Waals surface area contributed by atoms with Crippen LogP contribution in [-0.4, -0.2) is 35.3 Å². The second-order valence-electron chi connectivity index (χ2n) is 7.47. The summed E-state index contributed by atoms with van der Waals surface area (Å²) in [6.45, 7) is 6.65. The zero-order valence-corrected chi connectivity index (χ0v) is 16.5. The SMILES string of the molecule is [2H]C1(Cl)CC2(CCN(C(=O)OC(C)(C)C)CC2)Oc2ccc(Br)cc21. The quantitative estimate of drug-likeness (QED) is 0.539. The summed E-state index contributed by atoms with van der Waals surface area (Å²) in [6.07, 6.45) is 1.36. The smallest absolute Gasteiger partial charge is 0.410 e. The van der Waals surface area contributed by atoms with E-state index in [9.17, 15) is 4.79 Å². The normalized spacial score (nSPS) is 26.4. The number of rotatable bonds is 0. The van der Waals surface area contributed by atoms with Crippen LogP contribution in [0, 0.1) is 0 Å². The molecular weight excluding hydrogens is 394 g/mol. The Hall–Kier alpha value is -0.940. The summed E-state index contributed by atoms with van der Waals surface area (Å²) in [6, 6.07) is 5.59. The number of carbonyl (C=O) groups is 1. The largest absolute Gasteiger partial charge is 0.487 e. The molecule has 1 saturated heterocycles. The summed E-state index contributed by atoms with van der Waals surface area (Å²) in [4.78, 5) is 13.9. The van der Waals surface area contributed by atoms with E-state index in [1.165, 1.54) is 0 Å². The molecule has 4 nitrogen and oxygen atoms in total. The van der Waals surface area contributed by atoms with E-state index in [4.69, 9.17) is 22.4 Å². The van der Waals surface area contributed by atoms with Crippen molar-refractivity contribution >= 4 is 33.6 Å². The first-order chi connectivity index (χ1) is 11.5. The van der Waals surface area contributed by atoms with Gasteiger partial charge in [-0.2, -0.15) is 0 Å². The molecule has 3 rings (SSSR count). The molecule has 0 aromatic heterocycles. The van der Waals surface area contributed by atoms with Crippen molar-refractivity contribution in [2.24, 2.45) is 0 Å². The average molecular weight is 418 g/mol. The van der Waals surface area contributed by atoms with Crippen LogP contribution in [0.25, 0.3) is 0 Å². The van der Waals surface area contributed by atoms with Crippen LogP contribution in [0.2, 0.25) is 0 Å². The third-order valence-electron chi connectivity index (χ3n) is 4.36. The molecule has 1 amide bonds. The lowest BCUT2D eigenvalue weighted by Crippen LogP contribution is -2.52. The Morgan fingerprint density at radius 1 is 1.46 bits per heavy atom. The minimum atomic E-state index is -1.23. The molecular formula is C18H23BrClNO3. The Balaban J connectivity index is 1.74. The first-order valence-corrected chi connectivity index (χ1v) is 9.33. The van der Waals surface area contributed by atoms with Crippen molar-refractivity contribution < 1.29 is 15.6 Å². The standard InChI is InChI=1S/C18H23BrClNO3/c1-17(2,3)24-16(22)21-8-6-18(7-9-21)11-14(20)13-10-12(19)4-5-15(13)23-18/h4-5,10,14H,6-9,11H2,1-3H3/i14D. The van der Waals surface area contributed by atoms with Gasteiger partial charge in [0.05, 0.1) is 6.72 Å². The van der Waals surface area contributed by atoms with Crippen LogP contribution in [0.1, 0.15) is 52.3 Å². The lowest BCUT2D eigenvalue weighted by molar-refractivity contribution is -0.0281. The molecule has 2 aliphatic heterocycles. The van der Waals surface area contributed by atoms with Gasteiger partial charge in [0.2, 0.25) is 0 Å². The van der Waals surface area contributed by atoms with Crippen LogP contribution < -0.4 is 4.74 Å². The van der Waals surface area contributed by atoms with Gasteiger partial charge in [-0.15, -0.1) is 11.6 Å². The van der Waals surface area contributed by atoms with E-state index in [2.05, 4.69) is 15.9 Å². The van der Waals surface area contributed by atoms with E-state index in [0.29, 0.717) is 43.7 Å². The average Bonchev–Trinajstić information content (AvgIpc) is 2.46. The van der Waals surface area contributed by atoms with Crippen LogP contribution >= 0.6 is 27.5 Å². The van der Waals surface area contributed by atoms with Crippen LogP contribution in [0.5, 0.6) is 5.75 Å². The van der Waals surface area contributed by atoms with Gasteiger partial charge in [0.15, 0.2) is 0 Å². The molecule has 0 bridgehead atoms. The highest BCUT2D eigenvalue weighted by Crippen LogP contribution is 2.47. The number of benzene rings is 1. The molecule has 132 valence electrons.